The molecule has 0 aliphatic heterocycles. The van der Waals surface area contributed by atoms with Crippen molar-refractivity contribution in [1.82, 2.24) is 10.3 Å². The van der Waals surface area contributed by atoms with Crippen LogP contribution in [0.1, 0.15) is 16.8 Å². The van der Waals surface area contributed by atoms with Crippen LogP contribution in [0.3, 0.4) is 0 Å². The Kier molecular flexibility index (Phi) is 7.32. The van der Waals surface area contributed by atoms with Crippen LogP contribution in [-0.2, 0) is 4.79 Å². The van der Waals surface area contributed by atoms with Crippen LogP contribution >= 0.6 is 27.7 Å². The molecular weight excluding hydrogens is 416 g/mol. The number of amides is 2. The van der Waals surface area contributed by atoms with Gasteiger partial charge in [-0.2, -0.15) is 8.78 Å². The summed E-state index contributed by atoms with van der Waals surface area (Å²) in [6.07, 6.45) is 1.40. The summed E-state index contributed by atoms with van der Waals surface area (Å²) in [4.78, 5) is 27.7. The monoisotopic (exact) mass is 429 g/mol. The molecule has 2 N–H and O–H groups in total. The van der Waals surface area contributed by atoms with Gasteiger partial charge in [0.2, 0.25) is 5.91 Å². The maximum Gasteiger partial charge on any atom is 0.290 e. The van der Waals surface area contributed by atoms with Gasteiger partial charge in [-0.15, -0.1) is 0 Å². The Hall–Kier alpha value is -2.00. The van der Waals surface area contributed by atoms with Gasteiger partial charge in [0.15, 0.2) is 0 Å². The highest BCUT2D eigenvalue weighted by Gasteiger charge is 2.16. The average molecular weight is 430 g/mol. The fraction of sp³-hybridized carbons (Fsp3) is 0.188. The molecule has 2 aromatic rings. The van der Waals surface area contributed by atoms with Gasteiger partial charge in [-0.3, -0.25) is 9.59 Å². The van der Waals surface area contributed by atoms with E-state index in [0.717, 1.165) is 4.47 Å². The minimum Gasteiger partial charge on any atom is -0.351 e. The van der Waals surface area contributed by atoms with Gasteiger partial charge in [-0.25, -0.2) is 4.98 Å². The zero-order valence-corrected chi connectivity index (χ0v) is 15.2. The molecule has 1 aromatic heterocycles. The number of nitrogens with zero attached hydrogens (tertiary/aromatic N) is 1. The highest BCUT2D eigenvalue weighted by molar-refractivity contribution is 9.10. The standard InChI is InChI=1S/C16H14BrF2N3O2S/c17-10-3-5-11(6-4-10)22-13(23)7-9-20-14(24)12-2-1-8-21-15(12)25-16(18)19/h1-6,8,16H,7,9H2,(H,20,24)(H,22,23). The van der Waals surface area contributed by atoms with Gasteiger partial charge in [0.05, 0.1) is 5.56 Å². The van der Waals surface area contributed by atoms with Gasteiger partial charge in [-0.1, -0.05) is 15.9 Å². The Labute approximate surface area is 155 Å². The summed E-state index contributed by atoms with van der Waals surface area (Å²) in [5, 5.41) is 5.18. The minimum absolute atomic E-state index is 0.0469. The molecule has 0 saturated heterocycles. The van der Waals surface area contributed by atoms with E-state index in [0.29, 0.717) is 5.69 Å². The van der Waals surface area contributed by atoms with E-state index in [1.165, 1.54) is 18.3 Å². The highest BCUT2D eigenvalue weighted by Crippen LogP contribution is 2.26. The third kappa shape index (κ3) is 6.43. The molecule has 5 nitrogen and oxygen atoms in total. The van der Waals surface area contributed by atoms with Crippen LogP contribution in [0.15, 0.2) is 52.1 Å². The molecule has 0 radical (unpaired) electrons. The molecule has 0 aliphatic rings. The van der Waals surface area contributed by atoms with Crippen LogP contribution < -0.4 is 10.6 Å². The van der Waals surface area contributed by atoms with Crippen molar-refractivity contribution in [2.24, 2.45) is 0 Å². The van der Waals surface area contributed by atoms with Crippen LogP contribution in [0.4, 0.5) is 14.5 Å². The summed E-state index contributed by atoms with van der Waals surface area (Å²) in [5.41, 5.74) is 0.698. The largest absolute Gasteiger partial charge is 0.351 e. The quantitative estimate of drug-likeness (QED) is 0.654. The van der Waals surface area contributed by atoms with Crippen LogP contribution in [0.5, 0.6) is 0 Å². The number of carbonyl (C=O) groups excluding carboxylic acids is 2. The zero-order chi connectivity index (χ0) is 18.2. The molecule has 0 fully saturated rings. The van der Waals surface area contributed by atoms with Crippen molar-refractivity contribution in [2.45, 2.75) is 17.2 Å². The summed E-state index contributed by atoms with van der Waals surface area (Å²) >= 11 is 3.51. The van der Waals surface area contributed by atoms with Gasteiger partial charge in [-0.05, 0) is 48.2 Å². The first-order chi connectivity index (χ1) is 12.0. The molecule has 1 aromatic carbocycles. The van der Waals surface area contributed by atoms with Crippen molar-refractivity contribution >= 4 is 45.2 Å². The number of thioether (sulfide) groups is 1. The Morgan fingerprint density at radius 1 is 1.20 bits per heavy atom. The van der Waals surface area contributed by atoms with Gasteiger partial charge in [0, 0.05) is 29.3 Å². The smallest absolute Gasteiger partial charge is 0.290 e. The topological polar surface area (TPSA) is 71.1 Å². The Bertz CT molecular complexity index is 744. The van der Waals surface area contributed by atoms with Crippen molar-refractivity contribution in [3.05, 3.63) is 52.6 Å². The van der Waals surface area contributed by atoms with Crippen molar-refractivity contribution in [1.29, 1.82) is 0 Å². The highest BCUT2D eigenvalue weighted by atomic mass is 79.9. The summed E-state index contributed by atoms with van der Waals surface area (Å²) in [5.74, 6) is -3.48. The molecular formula is C16H14BrF2N3O2S. The van der Waals surface area contributed by atoms with Gasteiger partial charge in [0.25, 0.3) is 11.7 Å². The summed E-state index contributed by atoms with van der Waals surface area (Å²) in [6.45, 7) is 0.0782. The van der Waals surface area contributed by atoms with Crippen molar-refractivity contribution < 1.29 is 18.4 Å². The summed E-state index contributed by atoms with van der Waals surface area (Å²) in [6, 6.07) is 9.97. The second kappa shape index (κ2) is 9.47. The molecule has 0 atom stereocenters. The van der Waals surface area contributed by atoms with E-state index in [2.05, 4.69) is 31.5 Å². The summed E-state index contributed by atoms with van der Waals surface area (Å²) in [7, 11) is 0. The van der Waals surface area contributed by atoms with Crippen LogP contribution in [0.25, 0.3) is 0 Å². The second-order valence-electron chi connectivity index (χ2n) is 4.80. The first kappa shape index (κ1) is 19.3. The van der Waals surface area contributed by atoms with E-state index < -0.39 is 11.7 Å². The van der Waals surface area contributed by atoms with E-state index in [9.17, 15) is 18.4 Å². The van der Waals surface area contributed by atoms with E-state index in [4.69, 9.17) is 0 Å². The zero-order valence-electron chi connectivity index (χ0n) is 12.8. The molecule has 0 bridgehead atoms. The number of pyridine rings is 1. The molecule has 132 valence electrons. The predicted octanol–water partition coefficient (Wildman–Crippen LogP) is 3.92. The molecule has 2 rings (SSSR count). The molecule has 0 aliphatic carbocycles. The molecule has 0 spiro atoms. The predicted molar refractivity (Wildman–Crippen MR) is 95.8 cm³/mol. The Balaban J connectivity index is 1.84. The van der Waals surface area contributed by atoms with E-state index in [1.807, 2.05) is 0 Å². The third-order valence-corrected chi connectivity index (χ3v) is 4.24. The number of hydrogen-bond acceptors (Lipinski definition) is 4. The van der Waals surface area contributed by atoms with Crippen LogP contribution in [-0.4, -0.2) is 29.1 Å². The van der Waals surface area contributed by atoms with E-state index >= 15 is 0 Å². The van der Waals surface area contributed by atoms with Crippen LogP contribution in [0.2, 0.25) is 0 Å². The number of rotatable bonds is 7. The lowest BCUT2D eigenvalue weighted by atomic mass is 10.2. The minimum atomic E-state index is -2.67. The lowest BCUT2D eigenvalue weighted by Gasteiger charge is -2.09. The number of aromatic nitrogens is 1. The first-order valence-corrected chi connectivity index (χ1v) is 8.86. The maximum absolute atomic E-state index is 12.5. The lowest BCUT2D eigenvalue weighted by Crippen LogP contribution is -2.28. The normalized spacial score (nSPS) is 10.6. The maximum atomic E-state index is 12.5. The van der Waals surface area contributed by atoms with Crippen molar-refractivity contribution in [3.8, 4) is 0 Å². The second-order valence-corrected chi connectivity index (χ2v) is 6.69. The fourth-order valence-electron chi connectivity index (χ4n) is 1.88. The lowest BCUT2D eigenvalue weighted by molar-refractivity contribution is -0.116. The summed E-state index contributed by atoms with van der Waals surface area (Å²) < 4.78 is 25.9. The van der Waals surface area contributed by atoms with Gasteiger partial charge < -0.3 is 10.6 Å². The SMILES string of the molecule is O=C(CCNC(=O)c1cccnc1SC(F)F)Nc1ccc(Br)cc1. The first-order valence-electron chi connectivity index (χ1n) is 7.19. The number of anilines is 1. The van der Waals surface area contributed by atoms with Crippen molar-refractivity contribution in [2.75, 3.05) is 11.9 Å². The number of hydrogen-bond donors (Lipinski definition) is 2. The van der Waals surface area contributed by atoms with Crippen molar-refractivity contribution in [3.63, 3.8) is 0 Å². The molecule has 0 unspecified atom stereocenters. The van der Waals surface area contributed by atoms with E-state index in [-0.39, 0.29) is 41.2 Å². The number of nitrogens with one attached hydrogen (secondary N) is 2. The Morgan fingerprint density at radius 3 is 2.60 bits per heavy atom. The molecule has 0 saturated carbocycles. The fourth-order valence-corrected chi connectivity index (χ4v) is 2.73. The number of carbonyl (C=O) groups is 2. The molecule has 25 heavy (non-hydrogen) atoms. The number of alkyl halides is 2. The van der Waals surface area contributed by atoms with Gasteiger partial charge in [0.1, 0.15) is 5.03 Å². The molecule has 9 heteroatoms. The number of halogens is 3. The van der Waals surface area contributed by atoms with Crippen LogP contribution in [0, 0.1) is 0 Å². The Morgan fingerprint density at radius 2 is 1.92 bits per heavy atom. The number of benzene rings is 1. The van der Waals surface area contributed by atoms with Gasteiger partial charge >= 0.3 is 0 Å². The van der Waals surface area contributed by atoms with E-state index in [1.54, 1.807) is 24.3 Å². The molecule has 2 amide bonds. The molecule has 1 heterocycles. The third-order valence-electron chi connectivity index (χ3n) is 2.98. The average Bonchev–Trinajstić information content (AvgIpc) is 2.57.